The lowest BCUT2D eigenvalue weighted by Crippen LogP contribution is -2.35. The zero-order valence-electron chi connectivity index (χ0n) is 14.8. The number of carboxylic acids is 4. The molecule has 0 spiro atoms. The predicted octanol–water partition coefficient (Wildman–Crippen LogP) is 2.58. The van der Waals surface area contributed by atoms with Crippen molar-refractivity contribution < 1.29 is 66.4 Å². The van der Waals surface area contributed by atoms with Crippen molar-refractivity contribution in [3.8, 4) is 0 Å². The van der Waals surface area contributed by atoms with E-state index in [0.717, 1.165) is 0 Å². The molecule has 9 nitrogen and oxygen atoms in total. The third kappa shape index (κ3) is 2.72. The maximum Gasteiger partial charge on any atom is 0.339 e. The van der Waals surface area contributed by atoms with Gasteiger partial charge in [0, 0.05) is 5.56 Å². The number of hydrogen-bond acceptors (Lipinski definition) is 5. The monoisotopic (exact) mass is 460 g/mol. The number of rotatable bonds is 4. The highest BCUT2D eigenvalue weighted by atomic mass is 19.3. The number of alkyl halides is 2. The molecule has 32 heavy (non-hydrogen) atoms. The number of carbonyl (C=O) groups is 5. The van der Waals surface area contributed by atoms with Crippen LogP contribution in [0.3, 0.4) is 0 Å². The Bertz CT molecular complexity index is 1310. The van der Waals surface area contributed by atoms with Gasteiger partial charge in [-0.1, -0.05) is 0 Å². The molecule has 0 aromatic heterocycles. The fraction of sp³-hybridized carbons (Fsp3) is 0.0556. The second-order valence-corrected chi connectivity index (χ2v) is 6.29. The number of ketones is 1. The first kappa shape index (κ1) is 22.3. The molecule has 0 amide bonds. The summed E-state index contributed by atoms with van der Waals surface area (Å²) in [4.78, 5) is 57.6. The number of carboxylic acid groups (broad SMARTS) is 4. The number of aromatic carboxylic acids is 4. The average molecular weight is 460 g/mol. The third-order valence-electron chi connectivity index (χ3n) is 4.62. The Morgan fingerprint density at radius 1 is 0.688 bits per heavy atom. The molecule has 1 aliphatic rings. The molecular weight excluding hydrogens is 455 g/mol. The molecule has 0 saturated carbocycles. The van der Waals surface area contributed by atoms with Gasteiger partial charge in [-0.25, -0.2) is 32.3 Å². The molecule has 0 saturated heterocycles. The van der Waals surface area contributed by atoms with Crippen LogP contribution in [0.1, 0.15) is 68.5 Å². The quantitative estimate of drug-likeness (QED) is 0.502. The van der Waals surface area contributed by atoms with E-state index in [-0.39, 0.29) is 6.07 Å². The normalized spacial score (nSPS) is 13.8. The number of fused-ring (bicyclic) bond motifs is 2. The molecule has 0 heterocycles. The predicted molar refractivity (Wildman–Crippen MR) is 87.0 cm³/mol. The summed E-state index contributed by atoms with van der Waals surface area (Å²) in [7, 11) is 0. The number of benzene rings is 2. The molecule has 0 bridgehead atoms. The lowest BCUT2D eigenvalue weighted by atomic mass is 9.77. The van der Waals surface area contributed by atoms with Crippen LogP contribution in [0.4, 0.5) is 22.0 Å². The number of carbonyl (C=O) groups excluding carboxylic acids is 1. The molecule has 0 fully saturated rings. The van der Waals surface area contributed by atoms with Gasteiger partial charge in [0.25, 0.3) is 0 Å². The van der Waals surface area contributed by atoms with Crippen molar-refractivity contribution in [3.63, 3.8) is 0 Å². The molecular formula is C18H5F5O9. The Morgan fingerprint density at radius 2 is 1.12 bits per heavy atom. The van der Waals surface area contributed by atoms with E-state index in [1.807, 2.05) is 0 Å². The largest absolute Gasteiger partial charge is 0.478 e. The molecule has 14 heteroatoms. The molecule has 0 unspecified atom stereocenters. The molecule has 3 rings (SSSR count). The van der Waals surface area contributed by atoms with Gasteiger partial charge in [0.05, 0.1) is 22.3 Å². The van der Waals surface area contributed by atoms with Gasteiger partial charge in [-0.05, 0) is 6.07 Å². The highest BCUT2D eigenvalue weighted by molar-refractivity contribution is 6.17. The summed E-state index contributed by atoms with van der Waals surface area (Å²) in [6.07, 6.45) is 0. The van der Waals surface area contributed by atoms with Crippen molar-refractivity contribution >= 4 is 29.7 Å². The van der Waals surface area contributed by atoms with E-state index in [0.29, 0.717) is 0 Å². The zero-order valence-corrected chi connectivity index (χ0v) is 14.8. The number of halogens is 5. The molecule has 0 atom stereocenters. The fourth-order valence-corrected chi connectivity index (χ4v) is 3.37. The Labute approximate surface area is 170 Å². The molecule has 2 aromatic carbocycles. The summed E-state index contributed by atoms with van der Waals surface area (Å²) in [5, 5.41) is 36.1. The SMILES string of the molecule is O=C(O)c1cc2c(c(F)c1C(=O)O)C(F)(F)c1c(F)c(C(=O)O)c(C(=O)O)c(F)c1C2=O. The third-order valence-corrected chi connectivity index (χ3v) is 4.62. The Balaban J connectivity index is 2.61. The average Bonchev–Trinajstić information content (AvgIpc) is 2.65. The van der Waals surface area contributed by atoms with Crippen molar-refractivity contribution in [1.82, 2.24) is 0 Å². The van der Waals surface area contributed by atoms with E-state index < -0.39 is 97.5 Å². The van der Waals surface area contributed by atoms with Crippen molar-refractivity contribution in [2.45, 2.75) is 5.92 Å². The summed E-state index contributed by atoms with van der Waals surface area (Å²) in [6.45, 7) is 0. The fourth-order valence-electron chi connectivity index (χ4n) is 3.37. The Kier molecular flexibility index (Phi) is 4.77. The summed E-state index contributed by atoms with van der Waals surface area (Å²) < 4.78 is 74.6. The second-order valence-electron chi connectivity index (χ2n) is 6.29. The maximum absolute atomic E-state index is 15.1. The van der Waals surface area contributed by atoms with E-state index in [2.05, 4.69) is 0 Å². The van der Waals surface area contributed by atoms with E-state index in [9.17, 15) is 37.1 Å². The first-order valence-corrected chi connectivity index (χ1v) is 7.94. The smallest absolute Gasteiger partial charge is 0.339 e. The van der Waals surface area contributed by atoms with Crippen LogP contribution in [0.2, 0.25) is 0 Å². The van der Waals surface area contributed by atoms with Crippen LogP contribution in [0, 0.1) is 17.5 Å². The van der Waals surface area contributed by atoms with Gasteiger partial charge in [0.1, 0.15) is 28.3 Å². The summed E-state index contributed by atoms with van der Waals surface area (Å²) in [6, 6.07) is -0.00766. The lowest BCUT2D eigenvalue weighted by Gasteiger charge is -2.30. The van der Waals surface area contributed by atoms with Crippen LogP contribution in [-0.2, 0) is 5.92 Å². The van der Waals surface area contributed by atoms with Gasteiger partial charge in [0.2, 0.25) is 0 Å². The van der Waals surface area contributed by atoms with E-state index in [1.165, 1.54) is 0 Å². The van der Waals surface area contributed by atoms with E-state index in [1.54, 1.807) is 0 Å². The minimum atomic E-state index is -5.12. The molecule has 166 valence electrons. The van der Waals surface area contributed by atoms with Crippen LogP contribution in [0.25, 0.3) is 0 Å². The van der Waals surface area contributed by atoms with Gasteiger partial charge < -0.3 is 20.4 Å². The van der Waals surface area contributed by atoms with Crippen molar-refractivity contribution in [2.24, 2.45) is 0 Å². The zero-order chi connectivity index (χ0) is 24.4. The van der Waals surface area contributed by atoms with E-state index in [4.69, 9.17) is 20.4 Å². The van der Waals surface area contributed by atoms with Crippen molar-refractivity contribution in [3.05, 3.63) is 68.0 Å². The summed E-state index contributed by atoms with van der Waals surface area (Å²) in [5.74, 6) is -24.0. The van der Waals surface area contributed by atoms with Crippen LogP contribution < -0.4 is 0 Å². The lowest BCUT2D eigenvalue weighted by molar-refractivity contribution is 0.0283. The topological polar surface area (TPSA) is 166 Å². The van der Waals surface area contributed by atoms with Gasteiger partial charge >= 0.3 is 29.8 Å². The number of hydrogen-bond donors (Lipinski definition) is 4. The van der Waals surface area contributed by atoms with Gasteiger partial charge in [-0.15, -0.1) is 0 Å². The minimum absolute atomic E-state index is 0.00766. The van der Waals surface area contributed by atoms with Crippen LogP contribution in [0.15, 0.2) is 6.07 Å². The Hall–Kier alpha value is -4.36. The maximum atomic E-state index is 15.1. The van der Waals surface area contributed by atoms with Gasteiger partial charge in [-0.2, -0.15) is 8.78 Å². The highest BCUT2D eigenvalue weighted by Gasteiger charge is 2.54. The molecule has 1 aliphatic carbocycles. The molecule has 4 N–H and O–H groups in total. The standard InChI is InChI=1S/C18H5F5O9/c19-10-5(16(29)30)6(17(31)32)12(21)9-7(10)13(24)3-1-2(14(25)26)4(15(27)28)11(20)8(3)18(9,22)23/h1H,(H,25,26)(H,27,28)(H,29,30)(H,31,32). The summed E-state index contributed by atoms with van der Waals surface area (Å²) >= 11 is 0. The molecule has 0 radical (unpaired) electrons. The highest BCUT2D eigenvalue weighted by Crippen LogP contribution is 2.49. The van der Waals surface area contributed by atoms with E-state index >= 15 is 8.78 Å². The first-order valence-electron chi connectivity index (χ1n) is 7.94. The first-order chi connectivity index (χ1) is 14.7. The van der Waals surface area contributed by atoms with Gasteiger partial charge in [0.15, 0.2) is 11.6 Å². The van der Waals surface area contributed by atoms with Crippen LogP contribution in [0.5, 0.6) is 0 Å². The molecule has 2 aromatic rings. The van der Waals surface area contributed by atoms with Crippen molar-refractivity contribution in [2.75, 3.05) is 0 Å². The van der Waals surface area contributed by atoms with Gasteiger partial charge in [-0.3, -0.25) is 4.79 Å². The summed E-state index contributed by atoms with van der Waals surface area (Å²) in [5.41, 5.74) is -15.4. The Morgan fingerprint density at radius 3 is 1.56 bits per heavy atom. The minimum Gasteiger partial charge on any atom is -0.478 e. The van der Waals surface area contributed by atoms with Crippen LogP contribution in [-0.4, -0.2) is 50.1 Å². The second kappa shape index (κ2) is 6.83. The molecule has 0 aliphatic heterocycles. The van der Waals surface area contributed by atoms with Crippen molar-refractivity contribution in [1.29, 1.82) is 0 Å². The van der Waals surface area contributed by atoms with Crippen LogP contribution >= 0.6 is 0 Å².